The van der Waals surface area contributed by atoms with Gasteiger partial charge in [0.2, 0.25) is 5.91 Å². The highest BCUT2D eigenvalue weighted by Gasteiger charge is 2.25. The third-order valence-electron chi connectivity index (χ3n) is 3.71. The first-order valence-electron chi connectivity index (χ1n) is 7.95. The number of terminal acetylenes is 1. The third-order valence-corrected chi connectivity index (χ3v) is 4.26. The summed E-state index contributed by atoms with van der Waals surface area (Å²) in [6.07, 6.45) is 5.37. The molecule has 134 valence electrons. The summed E-state index contributed by atoms with van der Waals surface area (Å²) in [6.45, 7) is 3.68. The van der Waals surface area contributed by atoms with Gasteiger partial charge < -0.3 is 10.6 Å². The van der Waals surface area contributed by atoms with Gasteiger partial charge in [0.1, 0.15) is 6.04 Å². The maximum absolute atomic E-state index is 12.6. The average Bonchev–Trinajstić information content (AvgIpc) is 2.59. The number of hydrogen-bond donors (Lipinski definition) is 2. The van der Waals surface area contributed by atoms with Crippen molar-refractivity contribution in [1.29, 1.82) is 0 Å². The number of benzene rings is 2. The molecule has 0 bridgehead atoms. The van der Waals surface area contributed by atoms with Gasteiger partial charge in [-0.25, -0.2) is 0 Å². The van der Waals surface area contributed by atoms with Crippen LogP contribution in [-0.4, -0.2) is 17.9 Å². The van der Waals surface area contributed by atoms with E-state index in [-0.39, 0.29) is 22.4 Å². The first kappa shape index (κ1) is 19.8. The maximum atomic E-state index is 12.6. The molecule has 2 aromatic rings. The molecule has 0 saturated heterocycles. The topological polar surface area (TPSA) is 58.2 Å². The van der Waals surface area contributed by atoms with Crippen LogP contribution in [0.2, 0.25) is 10.0 Å². The molecule has 1 atom stereocenters. The van der Waals surface area contributed by atoms with Gasteiger partial charge in [0, 0.05) is 16.3 Å². The average molecular weight is 389 g/mol. The fourth-order valence-electron chi connectivity index (χ4n) is 2.33. The predicted molar refractivity (Wildman–Crippen MR) is 106 cm³/mol. The number of nitrogens with one attached hydrogen (secondary N) is 2. The molecule has 2 aromatic carbocycles. The van der Waals surface area contributed by atoms with Gasteiger partial charge in [-0.15, -0.1) is 6.42 Å². The summed E-state index contributed by atoms with van der Waals surface area (Å²) in [4.78, 5) is 25.1. The van der Waals surface area contributed by atoms with E-state index in [1.807, 2.05) is 13.8 Å². The van der Waals surface area contributed by atoms with Crippen LogP contribution in [0.4, 0.5) is 5.69 Å². The molecule has 2 N–H and O–H groups in total. The van der Waals surface area contributed by atoms with Crippen molar-refractivity contribution in [2.24, 2.45) is 5.92 Å². The molecular weight excluding hydrogens is 371 g/mol. The van der Waals surface area contributed by atoms with Crippen LogP contribution in [0, 0.1) is 18.3 Å². The molecule has 1 unspecified atom stereocenters. The second kappa shape index (κ2) is 8.75. The zero-order valence-electron chi connectivity index (χ0n) is 14.3. The molecule has 0 saturated carbocycles. The van der Waals surface area contributed by atoms with E-state index in [4.69, 9.17) is 29.6 Å². The summed E-state index contributed by atoms with van der Waals surface area (Å²) in [5, 5.41) is 6.15. The molecule has 2 rings (SSSR count). The lowest BCUT2D eigenvalue weighted by molar-refractivity contribution is -0.118. The van der Waals surface area contributed by atoms with Crippen LogP contribution in [0.5, 0.6) is 0 Å². The van der Waals surface area contributed by atoms with E-state index in [9.17, 15) is 9.59 Å². The quantitative estimate of drug-likeness (QED) is 0.747. The molecule has 0 aliphatic rings. The van der Waals surface area contributed by atoms with E-state index in [0.29, 0.717) is 16.3 Å². The molecule has 0 aromatic heterocycles. The summed E-state index contributed by atoms with van der Waals surface area (Å²) in [5.74, 6) is 1.59. The van der Waals surface area contributed by atoms with Crippen LogP contribution < -0.4 is 10.6 Å². The first-order chi connectivity index (χ1) is 12.3. The van der Waals surface area contributed by atoms with Crippen LogP contribution in [0.1, 0.15) is 29.8 Å². The van der Waals surface area contributed by atoms with Gasteiger partial charge >= 0.3 is 0 Å². The van der Waals surface area contributed by atoms with E-state index >= 15 is 0 Å². The number of amides is 2. The van der Waals surface area contributed by atoms with Gasteiger partial charge in [-0.05, 0) is 42.3 Å². The standard InChI is InChI=1S/C20H18Cl2N2O2/c1-4-13-6-5-7-15(10-13)23-20(26)18(12(2)3)24-19(25)16-9-8-14(21)11-17(16)22/h1,5-12,18H,2-3H3,(H,23,26)(H,24,25). The van der Waals surface area contributed by atoms with E-state index in [1.54, 1.807) is 30.3 Å². The molecular formula is C20H18Cl2N2O2. The normalized spacial score (nSPS) is 11.5. The molecule has 26 heavy (non-hydrogen) atoms. The highest BCUT2D eigenvalue weighted by atomic mass is 35.5. The van der Waals surface area contributed by atoms with E-state index < -0.39 is 11.9 Å². The summed E-state index contributed by atoms with van der Waals surface area (Å²) in [5.41, 5.74) is 1.47. The van der Waals surface area contributed by atoms with Crippen molar-refractivity contribution < 1.29 is 9.59 Å². The number of hydrogen-bond acceptors (Lipinski definition) is 2. The third kappa shape index (κ3) is 5.01. The minimum absolute atomic E-state index is 0.138. The SMILES string of the molecule is C#Cc1cccc(NC(=O)C(NC(=O)c2ccc(Cl)cc2Cl)C(C)C)c1. The fourth-order valence-corrected chi connectivity index (χ4v) is 2.83. The van der Waals surface area contributed by atoms with Gasteiger partial charge in [-0.3, -0.25) is 9.59 Å². The lowest BCUT2D eigenvalue weighted by atomic mass is 10.0. The monoisotopic (exact) mass is 388 g/mol. The van der Waals surface area contributed by atoms with Crippen molar-refractivity contribution in [3.8, 4) is 12.3 Å². The Labute approximate surface area is 162 Å². The van der Waals surface area contributed by atoms with Gasteiger partial charge in [-0.2, -0.15) is 0 Å². The number of halogens is 2. The molecule has 0 fully saturated rings. The number of rotatable bonds is 5. The molecule has 0 spiro atoms. The van der Waals surface area contributed by atoms with Gasteiger partial charge in [-0.1, -0.05) is 49.0 Å². The summed E-state index contributed by atoms with van der Waals surface area (Å²) >= 11 is 11.9. The van der Waals surface area contributed by atoms with Gasteiger partial charge in [0.05, 0.1) is 10.6 Å². The Kier molecular flexibility index (Phi) is 6.68. The fraction of sp³-hybridized carbons (Fsp3) is 0.200. The van der Waals surface area contributed by atoms with Crippen LogP contribution >= 0.6 is 23.2 Å². The molecule has 0 radical (unpaired) electrons. The summed E-state index contributed by atoms with van der Waals surface area (Å²) in [7, 11) is 0. The molecule has 0 heterocycles. The number of carbonyl (C=O) groups excluding carboxylic acids is 2. The van der Waals surface area contributed by atoms with Crippen LogP contribution in [0.25, 0.3) is 0 Å². The first-order valence-corrected chi connectivity index (χ1v) is 8.71. The van der Waals surface area contributed by atoms with E-state index in [1.165, 1.54) is 12.1 Å². The largest absolute Gasteiger partial charge is 0.340 e. The molecule has 2 amide bonds. The van der Waals surface area contributed by atoms with Gasteiger partial charge in [0.25, 0.3) is 5.91 Å². The van der Waals surface area contributed by atoms with Crippen molar-refractivity contribution >= 4 is 40.7 Å². The zero-order valence-corrected chi connectivity index (χ0v) is 15.9. The Bertz CT molecular complexity index is 872. The Hall–Kier alpha value is -2.48. The summed E-state index contributed by atoms with van der Waals surface area (Å²) in [6, 6.07) is 10.8. The lowest BCUT2D eigenvalue weighted by Crippen LogP contribution is -2.47. The summed E-state index contributed by atoms with van der Waals surface area (Å²) < 4.78 is 0. The highest BCUT2D eigenvalue weighted by Crippen LogP contribution is 2.21. The zero-order chi connectivity index (χ0) is 19.3. The Morgan fingerprint density at radius 1 is 1.12 bits per heavy atom. The molecule has 0 aliphatic heterocycles. The molecule has 4 nitrogen and oxygen atoms in total. The number of anilines is 1. The minimum atomic E-state index is -0.747. The van der Waals surface area contributed by atoms with Crippen LogP contribution in [0.3, 0.4) is 0 Å². The second-order valence-corrected chi connectivity index (χ2v) is 6.88. The molecule has 6 heteroatoms. The van der Waals surface area contributed by atoms with E-state index in [2.05, 4.69) is 16.6 Å². The Morgan fingerprint density at radius 3 is 2.46 bits per heavy atom. The lowest BCUT2D eigenvalue weighted by Gasteiger charge is -2.22. The predicted octanol–water partition coefficient (Wildman–Crippen LogP) is 4.37. The van der Waals surface area contributed by atoms with Crippen LogP contribution in [0.15, 0.2) is 42.5 Å². The van der Waals surface area contributed by atoms with E-state index in [0.717, 1.165) is 0 Å². The van der Waals surface area contributed by atoms with Crippen LogP contribution in [-0.2, 0) is 4.79 Å². The van der Waals surface area contributed by atoms with Crippen molar-refractivity contribution in [2.45, 2.75) is 19.9 Å². The van der Waals surface area contributed by atoms with Crippen molar-refractivity contribution in [1.82, 2.24) is 5.32 Å². The highest BCUT2D eigenvalue weighted by molar-refractivity contribution is 6.36. The Balaban J connectivity index is 2.16. The van der Waals surface area contributed by atoms with Crippen molar-refractivity contribution in [3.63, 3.8) is 0 Å². The smallest absolute Gasteiger partial charge is 0.253 e. The number of carbonyl (C=O) groups is 2. The Morgan fingerprint density at radius 2 is 1.85 bits per heavy atom. The van der Waals surface area contributed by atoms with Gasteiger partial charge in [0.15, 0.2) is 0 Å². The molecule has 0 aliphatic carbocycles. The second-order valence-electron chi connectivity index (χ2n) is 6.03. The minimum Gasteiger partial charge on any atom is -0.340 e. The van der Waals surface area contributed by atoms with Crippen molar-refractivity contribution in [2.75, 3.05) is 5.32 Å². The maximum Gasteiger partial charge on any atom is 0.253 e. The van der Waals surface area contributed by atoms with Crippen molar-refractivity contribution in [3.05, 3.63) is 63.6 Å².